The Morgan fingerprint density at radius 3 is 2.11 bits per heavy atom. The molecule has 0 bridgehead atoms. The van der Waals surface area contributed by atoms with Gasteiger partial charge in [-0.3, -0.25) is 9.59 Å². The maximum absolute atomic E-state index is 13.4. The first-order chi connectivity index (χ1) is 18.3. The molecule has 0 radical (unpaired) electrons. The number of carbonyl (C=O) groups excluding carboxylic acids is 2. The van der Waals surface area contributed by atoms with Crippen molar-refractivity contribution >= 4 is 35.5 Å². The minimum absolute atomic E-state index is 0.0488. The predicted molar refractivity (Wildman–Crippen MR) is 169 cm³/mol. The second-order valence-electron chi connectivity index (χ2n) is 8.55. The number of aryl methyl sites for hydroxylation is 1. The average molecular weight is 540 g/mol. The number of carbonyl (C=O) groups is 2. The number of nitrogens with zero attached hydrogens (tertiary/aromatic N) is 2. The van der Waals surface area contributed by atoms with Crippen molar-refractivity contribution in [2.45, 2.75) is 72.6 Å². The van der Waals surface area contributed by atoms with Gasteiger partial charge in [-0.25, -0.2) is 0 Å². The van der Waals surface area contributed by atoms with Gasteiger partial charge >= 0.3 is 0 Å². The fourth-order valence-corrected chi connectivity index (χ4v) is 4.17. The van der Waals surface area contributed by atoms with Crippen molar-refractivity contribution in [2.75, 3.05) is 36.9 Å². The molecule has 0 fully saturated rings. The number of rotatable bonds is 12. The molecule has 0 aliphatic rings. The van der Waals surface area contributed by atoms with Crippen LogP contribution in [0.4, 0.5) is 11.4 Å². The second-order valence-corrected chi connectivity index (χ2v) is 9.89. The Bertz CT molecular complexity index is 996. The number of benzene rings is 2. The average Bonchev–Trinajstić information content (AvgIpc) is 2.94. The van der Waals surface area contributed by atoms with Crippen LogP contribution >= 0.6 is 11.8 Å². The summed E-state index contributed by atoms with van der Waals surface area (Å²) in [7, 11) is 1.88. The van der Waals surface area contributed by atoms with Crippen molar-refractivity contribution in [3.63, 3.8) is 0 Å². The monoisotopic (exact) mass is 539 g/mol. The molecule has 2 aromatic rings. The van der Waals surface area contributed by atoms with Gasteiger partial charge in [0, 0.05) is 48.5 Å². The van der Waals surface area contributed by atoms with Gasteiger partial charge in [0.25, 0.3) is 5.91 Å². The van der Waals surface area contributed by atoms with Crippen LogP contribution in [-0.4, -0.2) is 43.9 Å². The van der Waals surface area contributed by atoms with E-state index in [1.54, 1.807) is 16.7 Å². The third-order valence-corrected chi connectivity index (χ3v) is 6.64. The van der Waals surface area contributed by atoms with Crippen molar-refractivity contribution < 1.29 is 9.59 Å². The van der Waals surface area contributed by atoms with E-state index < -0.39 is 0 Å². The Hall–Kier alpha value is -2.99. The Morgan fingerprint density at radius 1 is 1.03 bits per heavy atom. The highest BCUT2D eigenvalue weighted by Gasteiger charge is 2.20. The number of amides is 2. The molecule has 0 unspecified atom stereocenters. The van der Waals surface area contributed by atoms with E-state index in [0.29, 0.717) is 5.56 Å². The molecule has 0 spiro atoms. The molecule has 0 saturated heterocycles. The number of anilines is 2. The Labute approximate surface area is 236 Å². The summed E-state index contributed by atoms with van der Waals surface area (Å²) in [4.78, 5) is 29.0. The van der Waals surface area contributed by atoms with E-state index in [1.165, 1.54) is 5.56 Å². The van der Waals surface area contributed by atoms with E-state index in [0.717, 1.165) is 66.5 Å². The van der Waals surface area contributed by atoms with Crippen LogP contribution in [-0.2, 0) is 11.2 Å². The molecule has 2 aromatic carbocycles. The Kier molecular flexibility index (Phi) is 19.3. The molecule has 6 heteroatoms. The van der Waals surface area contributed by atoms with Crippen molar-refractivity contribution in [2.24, 2.45) is 0 Å². The number of hydrogen-bond donors (Lipinski definition) is 1. The second kappa shape index (κ2) is 21.0. The zero-order valence-corrected chi connectivity index (χ0v) is 25.7. The molecule has 5 nitrogen and oxygen atoms in total. The van der Waals surface area contributed by atoms with Crippen LogP contribution in [0.3, 0.4) is 0 Å². The molecular weight excluding hydrogens is 490 g/mol. The standard InChI is InChI=1S/C23H30N2OS.C5H11NO.C4H8/c1-6-8-15-25(21-12-10-9-11-18(21)7-2)23(26)19-13-14-22(27-17(3)4)20(16-19)24-5;1-3-6(4-2)5-7;1-3-4-2/h9-14,16,24H,3,6-8,15H2,1-2,4-5H3;5H,3-4H2,1-2H3;3-4H,1-2H3/b;;4-3-. The lowest BCUT2D eigenvalue weighted by atomic mass is 10.1. The third kappa shape index (κ3) is 12.5. The number of thioether (sulfide) groups is 1. The smallest absolute Gasteiger partial charge is 0.258 e. The van der Waals surface area contributed by atoms with Gasteiger partial charge < -0.3 is 15.1 Å². The molecule has 210 valence electrons. The zero-order chi connectivity index (χ0) is 28.9. The molecule has 0 heterocycles. The Balaban J connectivity index is 0.00000105. The fourth-order valence-electron chi connectivity index (χ4n) is 3.38. The van der Waals surface area contributed by atoms with E-state index >= 15 is 0 Å². The lowest BCUT2D eigenvalue weighted by Crippen LogP contribution is -2.32. The number of allylic oxidation sites excluding steroid dienone is 3. The van der Waals surface area contributed by atoms with E-state index in [2.05, 4.69) is 37.9 Å². The maximum Gasteiger partial charge on any atom is 0.258 e. The number of unbranched alkanes of at least 4 members (excludes halogenated alkanes) is 1. The van der Waals surface area contributed by atoms with Crippen LogP contribution < -0.4 is 10.2 Å². The first-order valence-electron chi connectivity index (χ1n) is 13.6. The molecule has 0 aromatic heterocycles. The first kappa shape index (κ1) is 35.0. The normalized spacial score (nSPS) is 10.0. The van der Waals surface area contributed by atoms with Crippen molar-refractivity contribution in [1.82, 2.24) is 4.90 Å². The number of nitrogens with one attached hydrogen (secondary N) is 1. The molecule has 2 amide bonds. The Morgan fingerprint density at radius 2 is 1.66 bits per heavy atom. The molecule has 0 aliphatic heterocycles. The molecule has 0 atom stereocenters. The van der Waals surface area contributed by atoms with Crippen LogP contribution in [0, 0.1) is 0 Å². The largest absolute Gasteiger partial charge is 0.387 e. The van der Waals surface area contributed by atoms with E-state index in [9.17, 15) is 9.59 Å². The van der Waals surface area contributed by atoms with Crippen molar-refractivity contribution in [1.29, 1.82) is 0 Å². The fraction of sp³-hybridized carbons (Fsp3) is 0.438. The highest BCUT2D eigenvalue weighted by molar-refractivity contribution is 8.03. The number of para-hydroxylation sites is 1. The third-order valence-electron chi connectivity index (χ3n) is 5.72. The summed E-state index contributed by atoms with van der Waals surface area (Å²) in [6.45, 7) is 20.5. The lowest BCUT2D eigenvalue weighted by Gasteiger charge is -2.25. The van der Waals surface area contributed by atoms with Crippen LogP contribution in [0.25, 0.3) is 0 Å². The highest BCUT2D eigenvalue weighted by atomic mass is 32.2. The summed E-state index contributed by atoms with van der Waals surface area (Å²) in [5.41, 5.74) is 3.87. The molecule has 0 aliphatic carbocycles. The summed E-state index contributed by atoms with van der Waals surface area (Å²) in [6.07, 6.45) is 7.79. The zero-order valence-electron chi connectivity index (χ0n) is 24.8. The molecule has 0 saturated carbocycles. The van der Waals surface area contributed by atoms with Gasteiger partial charge in [-0.1, -0.05) is 69.0 Å². The van der Waals surface area contributed by atoms with E-state index in [-0.39, 0.29) is 5.91 Å². The molecule has 1 N–H and O–H groups in total. The highest BCUT2D eigenvalue weighted by Crippen LogP contribution is 2.33. The summed E-state index contributed by atoms with van der Waals surface area (Å²) < 4.78 is 0. The van der Waals surface area contributed by atoms with Gasteiger partial charge in [0.1, 0.15) is 0 Å². The van der Waals surface area contributed by atoms with Crippen molar-refractivity contribution in [3.05, 3.63) is 77.2 Å². The van der Waals surface area contributed by atoms with Crippen LogP contribution in [0.2, 0.25) is 0 Å². The summed E-state index contributed by atoms with van der Waals surface area (Å²) in [5.74, 6) is 0.0488. The van der Waals surface area contributed by atoms with Gasteiger partial charge in [-0.2, -0.15) is 0 Å². The predicted octanol–water partition coefficient (Wildman–Crippen LogP) is 8.43. The molecular formula is C32H49N3O2S. The minimum Gasteiger partial charge on any atom is -0.387 e. The van der Waals surface area contributed by atoms with E-state index in [4.69, 9.17) is 0 Å². The molecule has 2 rings (SSSR count). The summed E-state index contributed by atoms with van der Waals surface area (Å²) in [5, 5.41) is 3.21. The van der Waals surface area contributed by atoms with Crippen molar-refractivity contribution in [3.8, 4) is 0 Å². The maximum atomic E-state index is 13.4. The van der Waals surface area contributed by atoms with Crippen LogP contribution in [0.1, 0.15) is 77.2 Å². The van der Waals surface area contributed by atoms with Crippen LogP contribution in [0.5, 0.6) is 0 Å². The van der Waals surface area contributed by atoms with Gasteiger partial charge in [0.2, 0.25) is 6.41 Å². The van der Waals surface area contributed by atoms with Gasteiger partial charge in [-0.15, -0.1) is 0 Å². The topological polar surface area (TPSA) is 52.7 Å². The minimum atomic E-state index is 0.0488. The molecule has 38 heavy (non-hydrogen) atoms. The van der Waals surface area contributed by atoms with Gasteiger partial charge in [0.15, 0.2) is 0 Å². The summed E-state index contributed by atoms with van der Waals surface area (Å²) in [6, 6.07) is 14.1. The SMILES string of the molecule is C/C=C\C.C=C(C)Sc1ccc(C(=O)N(CCCC)c2ccccc2CC)cc1NC.CCN(C=O)CC. The summed E-state index contributed by atoms with van der Waals surface area (Å²) >= 11 is 1.61. The van der Waals surface area contributed by atoms with Gasteiger partial charge in [-0.05, 0) is 82.2 Å². The van der Waals surface area contributed by atoms with Crippen LogP contribution in [0.15, 0.2) is 71.0 Å². The van der Waals surface area contributed by atoms with Gasteiger partial charge in [0.05, 0.1) is 0 Å². The lowest BCUT2D eigenvalue weighted by molar-refractivity contribution is -0.117. The quantitative estimate of drug-likeness (QED) is 0.167. The first-order valence-corrected chi connectivity index (χ1v) is 14.4. The number of hydrogen-bond acceptors (Lipinski definition) is 4. The van der Waals surface area contributed by atoms with E-state index in [1.807, 2.05) is 89.1 Å².